The molecule has 3 amide bonds. The van der Waals surface area contributed by atoms with Gasteiger partial charge >= 0.3 is 5.69 Å². The van der Waals surface area contributed by atoms with Crippen LogP contribution in [0.2, 0.25) is 0 Å². The van der Waals surface area contributed by atoms with Gasteiger partial charge in [-0.15, -0.1) is 0 Å². The third-order valence-corrected chi connectivity index (χ3v) is 5.86. The smallest absolute Gasteiger partial charge is 0.332 e. The van der Waals surface area contributed by atoms with Gasteiger partial charge in [0, 0.05) is 40.0 Å². The number of amides is 3. The molecule has 12 heteroatoms. The van der Waals surface area contributed by atoms with Crippen LogP contribution >= 0.6 is 11.8 Å². The Labute approximate surface area is 202 Å². The van der Waals surface area contributed by atoms with E-state index in [0.29, 0.717) is 11.8 Å². The summed E-state index contributed by atoms with van der Waals surface area (Å²) in [6, 6.07) is 0. The van der Waals surface area contributed by atoms with Crippen LogP contribution in [0.4, 0.5) is 4.79 Å². The van der Waals surface area contributed by atoms with Gasteiger partial charge in [0.15, 0.2) is 11.2 Å². The van der Waals surface area contributed by atoms with Gasteiger partial charge in [-0.05, 0) is 17.6 Å². The van der Waals surface area contributed by atoms with Crippen molar-refractivity contribution in [2.24, 2.45) is 25.9 Å². The number of aromatic nitrogens is 4. The van der Waals surface area contributed by atoms with Crippen LogP contribution in [0.3, 0.4) is 0 Å². The fourth-order valence-electron chi connectivity index (χ4n) is 3.61. The summed E-state index contributed by atoms with van der Waals surface area (Å²) in [6.07, 6.45) is 1.40. The zero-order chi connectivity index (χ0) is 25.7. The Hall–Kier alpha value is -2.89. The normalized spacial score (nSPS) is 13.7. The van der Waals surface area contributed by atoms with E-state index in [1.54, 1.807) is 0 Å². The van der Waals surface area contributed by atoms with Gasteiger partial charge < -0.3 is 4.90 Å². The molecule has 3 heterocycles. The first-order chi connectivity index (χ1) is 15.9. The van der Waals surface area contributed by atoms with E-state index in [9.17, 15) is 24.0 Å². The van der Waals surface area contributed by atoms with Crippen LogP contribution in [0.15, 0.2) is 15.9 Å². The summed E-state index contributed by atoms with van der Waals surface area (Å²) in [5, 5.41) is 1.12. The van der Waals surface area contributed by atoms with Crippen LogP contribution in [0, 0.1) is 11.8 Å². The van der Waals surface area contributed by atoms with Crippen LogP contribution in [-0.4, -0.2) is 59.6 Å². The maximum atomic E-state index is 12.2. The van der Waals surface area contributed by atoms with Crippen molar-refractivity contribution in [3.05, 3.63) is 27.2 Å². The van der Waals surface area contributed by atoms with Gasteiger partial charge in [-0.3, -0.25) is 28.3 Å². The molecule has 0 spiro atoms. The van der Waals surface area contributed by atoms with E-state index >= 15 is 0 Å². The van der Waals surface area contributed by atoms with E-state index in [1.165, 1.54) is 36.8 Å². The maximum absolute atomic E-state index is 12.2. The number of fused-ring (bicyclic) bond motifs is 1. The fourth-order valence-corrected chi connectivity index (χ4v) is 4.19. The molecule has 3 rings (SSSR count). The summed E-state index contributed by atoms with van der Waals surface area (Å²) in [4.78, 5) is 65.1. The quantitative estimate of drug-likeness (QED) is 0.561. The van der Waals surface area contributed by atoms with E-state index < -0.39 is 23.1 Å². The predicted molar refractivity (Wildman–Crippen MR) is 132 cm³/mol. The molecule has 11 nitrogen and oxygen atoms in total. The molecule has 0 radical (unpaired) electrons. The number of imide groups is 1. The molecule has 1 saturated heterocycles. The molecule has 0 saturated carbocycles. The third kappa shape index (κ3) is 5.96. The van der Waals surface area contributed by atoms with Crippen molar-refractivity contribution in [1.82, 2.24) is 23.7 Å². The Bertz CT molecular complexity index is 1150. The summed E-state index contributed by atoms with van der Waals surface area (Å²) in [5.41, 5.74) is -0.969. The van der Waals surface area contributed by atoms with Crippen molar-refractivity contribution < 1.29 is 14.4 Å². The van der Waals surface area contributed by atoms with Crippen LogP contribution in [0.1, 0.15) is 47.5 Å². The van der Waals surface area contributed by atoms with Crippen molar-refractivity contribution in [2.45, 2.75) is 47.5 Å². The first-order valence-corrected chi connectivity index (χ1v) is 12.3. The summed E-state index contributed by atoms with van der Waals surface area (Å²) in [5.74, 6) is 1.17. The van der Waals surface area contributed by atoms with E-state index in [2.05, 4.69) is 32.7 Å². The van der Waals surface area contributed by atoms with Crippen LogP contribution in [-0.2, 0) is 23.7 Å². The van der Waals surface area contributed by atoms with Crippen molar-refractivity contribution in [1.29, 1.82) is 0 Å². The fraction of sp³-hybridized carbons (Fsp3) is 0.636. The molecule has 0 atom stereocenters. The van der Waals surface area contributed by atoms with Crippen LogP contribution in [0.5, 0.6) is 0 Å². The van der Waals surface area contributed by atoms with Gasteiger partial charge in [0.05, 0.1) is 0 Å². The highest BCUT2D eigenvalue weighted by molar-refractivity contribution is 8.13. The summed E-state index contributed by atoms with van der Waals surface area (Å²) in [6.45, 7) is 12.4. The lowest BCUT2D eigenvalue weighted by Crippen LogP contribution is -2.43. The Morgan fingerprint density at radius 2 is 1.53 bits per heavy atom. The monoisotopic (exact) mass is 494 g/mol. The minimum atomic E-state index is -0.604. The average molecular weight is 495 g/mol. The van der Waals surface area contributed by atoms with Gasteiger partial charge in [-0.1, -0.05) is 46.4 Å². The standard InChI is InChI=1S/C11H11N5O4.C11H23NOS/c1-13-9-8(10(19)14(2)11(13)20)15(5-12-9)16-6(17)3-4-7(16)18;1-6-14-11(13)12(7-9(2)3)8-10(4)5/h5H,3-4H2,1-2H3;9-10H,6-8H2,1-5H3. The van der Waals surface area contributed by atoms with Crippen LogP contribution in [0.25, 0.3) is 11.2 Å². The zero-order valence-electron chi connectivity index (χ0n) is 20.9. The van der Waals surface area contributed by atoms with Crippen molar-refractivity contribution in [3.8, 4) is 0 Å². The zero-order valence-corrected chi connectivity index (χ0v) is 21.7. The van der Waals surface area contributed by atoms with Crippen molar-refractivity contribution >= 4 is 40.0 Å². The molecule has 0 N–H and O–H groups in total. The Morgan fingerprint density at radius 1 is 1.00 bits per heavy atom. The number of aryl methyl sites for hydroxylation is 1. The lowest BCUT2D eigenvalue weighted by molar-refractivity contribution is -0.123. The third-order valence-electron chi connectivity index (χ3n) is 5.07. The highest BCUT2D eigenvalue weighted by Crippen LogP contribution is 2.15. The molecular weight excluding hydrogens is 460 g/mol. The van der Waals surface area contributed by atoms with E-state index in [4.69, 9.17) is 0 Å². The molecule has 34 heavy (non-hydrogen) atoms. The second kappa shape index (κ2) is 11.5. The minimum Gasteiger partial charge on any atom is -0.333 e. The first kappa shape index (κ1) is 27.4. The molecule has 188 valence electrons. The number of thioether (sulfide) groups is 1. The SMILES string of the molecule is CCSC(=O)N(CC(C)C)CC(C)C.Cn1c(=O)c2c(ncn2N2C(=O)CCC2=O)n(C)c1=O. The highest BCUT2D eigenvalue weighted by Gasteiger charge is 2.32. The predicted octanol–water partition coefficient (Wildman–Crippen LogP) is 1.69. The number of rotatable bonds is 6. The molecule has 1 aliphatic rings. The number of hydrogen-bond acceptors (Lipinski definition) is 7. The van der Waals surface area contributed by atoms with E-state index in [0.717, 1.165) is 33.1 Å². The second-order valence-corrected chi connectivity index (χ2v) is 10.2. The van der Waals surface area contributed by atoms with Crippen molar-refractivity contribution in [2.75, 3.05) is 23.9 Å². The molecule has 1 fully saturated rings. The molecule has 0 unspecified atom stereocenters. The number of hydrogen-bond donors (Lipinski definition) is 0. The lowest BCUT2D eigenvalue weighted by Gasteiger charge is -2.25. The summed E-state index contributed by atoms with van der Waals surface area (Å²) in [7, 11) is 2.80. The van der Waals surface area contributed by atoms with Crippen LogP contribution < -0.4 is 16.3 Å². The van der Waals surface area contributed by atoms with Gasteiger partial charge in [0.1, 0.15) is 6.33 Å². The van der Waals surface area contributed by atoms with Gasteiger partial charge in [-0.2, -0.15) is 5.01 Å². The Balaban J connectivity index is 0.000000259. The molecule has 2 aromatic heterocycles. The minimum absolute atomic E-state index is 0.0261. The Morgan fingerprint density at radius 3 is 2.00 bits per heavy atom. The highest BCUT2D eigenvalue weighted by atomic mass is 32.2. The molecule has 1 aliphatic heterocycles. The van der Waals surface area contributed by atoms with Gasteiger partial charge in [0.2, 0.25) is 11.8 Å². The molecule has 0 bridgehead atoms. The molecular formula is C22H34N6O5S. The summed E-state index contributed by atoms with van der Waals surface area (Å²) < 4.78 is 3.22. The number of imidazole rings is 1. The first-order valence-electron chi connectivity index (χ1n) is 11.3. The maximum Gasteiger partial charge on any atom is 0.332 e. The van der Waals surface area contributed by atoms with Gasteiger partial charge in [0.25, 0.3) is 10.8 Å². The average Bonchev–Trinajstić information content (AvgIpc) is 3.33. The van der Waals surface area contributed by atoms with E-state index in [-0.39, 0.29) is 29.2 Å². The summed E-state index contributed by atoms with van der Waals surface area (Å²) >= 11 is 1.41. The van der Waals surface area contributed by atoms with Gasteiger partial charge in [-0.25, -0.2) is 14.5 Å². The number of nitrogens with zero attached hydrogens (tertiary/aromatic N) is 6. The van der Waals surface area contributed by atoms with Crippen molar-refractivity contribution in [3.63, 3.8) is 0 Å². The van der Waals surface area contributed by atoms with E-state index in [1.807, 2.05) is 11.8 Å². The molecule has 0 aromatic carbocycles. The second-order valence-electron chi connectivity index (χ2n) is 8.96. The topological polar surface area (TPSA) is 120 Å². The number of carbonyl (C=O) groups excluding carboxylic acids is 3. The molecule has 2 aromatic rings. The number of carbonyl (C=O) groups is 3. The largest absolute Gasteiger partial charge is 0.333 e. The molecule has 0 aliphatic carbocycles. The lowest BCUT2D eigenvalue weighted by atomic mass is 10.1. The Kier molecular flexibility index (Phi) is 9.25.